The first-order valence-electron chi connectivity index (χ1n) is 8.25. The molecule has 3 rings (SSSR count). The van der Waals surface area contributed by atoms with Gasteiger partial charge in [-0.15, -0.1) is 0 Å². The summed E-state index contributed by atoms with van der Waals surface area (Å²) in [4.78, 5) is 0. The predicted octanol–water partition coefficient (Wildman–Crippen LogP) is 3.35. The van der Waals surface area contributed by atoms with Crippen LogP contribution in [0.25, 0.3) is 0 Å². The lowest BCUT2D eigenvalue weighted by Crippen LogP contribution is -2.49. The molecule has 1 saturated heterocycles. The van der Waals surface area contributed by atoms with Crippen molar-refractivity contribution in [2.45, 2.75) is 44.6 Å². The summed E-state index contributed by atoms with van der Waals surface area (Å²) in [5, 5.41) is 3.44. The van der Waals surface area contributed by atoms with Crippen LogP contribution in [0.15, 0.2) is 24.3 Å². The fourth-order valence-corrected chi connectivity index (χ4v) is 3.53. The number of rotatable bonds is 4. The molecule has 116 valence electrons. The summed E-state index contributed by atoms with van der Waals surface area (Å²) in [5.41, 5.74) is 1.34. The van der Waals surface area contributed by atoms with E-state index in [9.17, 15) is 0 Å². The Hall–Kier alpha value is -1.06. The lowest BCUT2D eigenvalue weighted by Gasteiger charge is -2.44. The average Bonchev–Trinajstić information content (AvgIpc) is 2.47. The van der Waals surface area contributed by atoms with Crippen LogP contribution in [0.3, 0.4) is 0 Å². The Kier molecular flexibility index (Phi) is 4.51. The lowest BCUT2D eigenvalue weighted by molar-refractivity contribution is -0.00953. The number of fused-ring (bicyclic) bond motifs is 1. The van der Waals surface area contributed by atoms with Crippen molar-refractivity contribution < 1.29 is 9.47 Å². The molecule has 3 heteroatoms. The molecule has 2 heterocycles. The zero-order valence-electron chi connectivity index (χ0n) is 13.2. The third kappa shape index (κ3) is 3.41. The molecule has 1 atom stereocenters. The highest BCUT2D eigenvalue weighted by molar-refractivity contribution is 5.39. The van der Waals surface area contributed by atoms with Crippen LogP contribution in [0.2, 0.25) is 0 Å². The van der Waals surface area contributed by atoms with Crippen molar-refractivity contribution in [3.63, 3.8) is 0 Å². The molecule has 1 N–H and O–H groups in total. The van der Waals surface area contributed by atoms with Crippen molar-refractivity contribution in [1.82, 2.24) is 5.32 Å². The third-order valence-electron chi connectivity index (χ3n) is 4.59. The van der Waals surface area contributed by atoms with Gasteiger partial charge in [0.1, 0.15) is 11.4 Å². The van der Waals surface area contributed by atoms with Crippen molar-refractivity contribution in [2.75, 3.05) is 26.3 Å². The summed E-state index contributed by atoms with van der Waals surface area (Å²) >= 11 is 0. The minimum absolute atomic E-state index is 0.0193. The van der Waals surface area contributed by atoms with Gasteiger partial charge in [-0.1, -0.05) is 32.0 Å². The van der Waals surface area contributed by atoms with E-state index >= 15 is 0 Å². The summed E-state index contributed by atoms with van der Waals surface area (Å²) in [7, 11) is 0. The van der Waals surface area contributed by atoms with E-state index in [1.54, 1.807) is 0 Å². The van der Waals surface area contributed by atoms with E-state index in [0.29, 0.717) is 11.8 Å². The second-order valence-electron chi connectivity index (χ2n) is 6.91. The van der Waals surface area contributed by atoms with Gasteiger partial charge < -0.3 is 14.8 Å². The monoisotopic (exact) mass is 289 g/mol. The van der Waals surface area contributed by atoms with Crippen molar-refractivity contribution in [3.05, 3.63) is 29.8 Å². The van der Waals surface area contributed by atoms with Gasteiger partial charge in [0.05, 0.1) is 6.61 Å². The molecule has 1 aromatic carbocycles. The minimum Gasteiger partial charge on any atom is -0.487 e. The molecular formula is C18H27NO2. The van der Waals surface area contributed by atoms with Gasteiger partial charge >= 0.3 is 0 Å². The molecular weight excluding hydrogens is 262 g/mol. The summed E-state index contributed by atoms with van der Waals surface area (Å²) < 4.78 is 12.4. The first kappa shape index (κ1) is 14.9. The number of hydrogen-bond acceptors (Lipinski definition) is 3. The van der Waals surface area contributed by atoms with Crippen molar-refractivity contribution in [2.24, 2.45) is 5.92 Å². The molecule has 1 spiro atoms. The standard InChI is InChI=1S/C18H27NO2/c1-14(2)12-20-13-15-11-18(7-9-19-10-8-18)21-17-6-4-3-5-16(15)17/h3-6,14-15,19H,7-13H2,1-2H3. The van der Waals surface area contributed by atoms with Crippen LogP contribution in [0.4, 0.5) is 0 Å². The van der Waals surface area contributed by atoms with Crippen molar-refractivity contribution >= 4 is 0 Å². The summed E-state index contributed by atoms with van der Waals surface area (Å²) in [6.07, 6.45) is 3.29. The van der Waals surface area contributed by atoms with E-state index in [2.05, 4.69) is 43.4 Å². The van der Waals surface area contributed by atoms with E-state index in [-0.39, 0.29) is 5.60 Å². The van der Waals surface area contributed by atoms with Crippen LogP contribution in [0, 0.1) is 5.92 Å². The van der Waals surface area contributed by atoms with Gasteiger partial charge in [-0.05, 0) is 49.9 Å². The maximum absolute atomic E-state index is 6.42. The average molecular weight is 289 g/mol. The fourth-order valence-electron chi connectivity index (χ4n) is 3.53. The van der Waals surface area contributed by atoms with E-state index in [1.165, 1.54) is 5.56 Å². The SMILES string of the molecule is CC(C)COCC1CC2(CCNCC2)Oc2ccccc21. The van der Waals surface area contributed by atoms with Crippen LogP contribution < -0.4 is 10.1 Å². The van der Waals surface area contributed by atoms with Gasteiger partial charge in [0.25, 0.3) is 0 Å². The zero-order chi connectivity index (χ0) is 14.7. The van der Waals surface area contributed by atoms with E-state index in [0.717, 1.165) is 51.3 Å². The Balaban J connectivity index is 1.77. The number of benzene rings is 1. The maximum atomic E-state index is 6.42. The Bertz CT molecular complexity index is 466. The Morgan fingerprint density at radius 1 is 1.29 bits per heavy atom. The Morgan fingerprint density at radius 2 is 2.05 bits per heavy atom. The van der Waals surface area contributed by atoms with Crippen LogP contribution in [-0.2, 0) is 4.74 Å². The Labute approximate surface area is 128 Å². The first-order valence-corrected chi connectivity index (χ1v) is 8.25. The van der Waals surface area contributed by atoms with Gasteiger partial charge in [-0.2, -0.15) is 0 Å². The summed E-state index contributed by atoms with van der Waals surface area (Å²) in [5.74, 6) is 2.13. The quantitative estimate of drug-likeness (QED) is 0.922. The third-order valence-corrected chi connectivity index (χ3v) is 4.59. The van der Waals surface area contributed by atoms with Crippen molar-refractivity contribution in [1.29, 1.82) is 0 Å². The second-order valence-corrected chi connectivity index (χ2v) is 6.91. The van der Waals surface area contributed by atoms with Gasteiger partial charge in [0, 0.05) is 12.5 Å². The van der Waals surface area contributed by atoms with Crippen LogP contribution in [0.1, 0.15) is 44.6 Å². The van der Waals surface area contributed by atoms with Crippen LogP contribution >= 0.6 is 0 Å². The van der Waals surface area contributed by atoms with E-state index in [4.69, 9.17) is 9.47 Å². The number of nitrogens with one attached hydrogen (secondary N) is 1. The normalized spacial score (nSPS) is 23.9. The summed E-state index contributed by atoms with van der Waals surface area (Å²) in [6, 6.07) is 8.50. The largest absolute Gasteiger partial charge is 0.487 e. The maximum Gasteiger partial charge on any atom is 0.123 e. The van der Waals surface area contributed by atoms with Crippen LogP contribution in [0.5, 0.6) is 5.75 Å². The molecule has 0 bridgehead atoms. The Morgan fingerprint density at radius 3 is 2.81 bits per heavy atom. The highest BCUT2D eigenvalue weighted by Gasteiger charge is 2.41. The second kappa shape index (κ2) is 6.37. The van der Waals surface area contributed by atoms with Gasteiger partial charge in [0.2, 0.25) is 0 Å². The predicted molar refractivity (Wildman–Crippen MR) is 84.9 cm³/mol. The fraction of sp³-hybridized carbons (Fsp3) is 0.667. The highest BCUT2D eigenvalue weighted by atomic mass is 16.5. The smallest absolute Gasteiger partial charge is 0.123 e. The van der Waals surface area contributed by atoms with Crippen molar-refractivity contribution in [3.8, 4) is 5.75 Å². The molecule has 1 aromatic rings. The lowest BCUT2D eigenvalue weighted by atomic mass is 9.78. The first-order chi connectivity index (χ1) is 10.2. The zero-order valence-corrected chi connectivity index (χ0v) is 13.2. The molecule has 3 nitrogen and oxygen atoms in total. The molecule has 2 aliphatic rings. The number of para-hydroxylation sites is 1. The number of ether oxygens (including phenoxy) is 2. The summed E-state index contributed by atoms with van der Waals surface area (Å²) in [6.45, 7) is 8.17. The van der Waals surface area contributed by atoms with Crippen LogP contribution in [-0.4, -0.2) is 31.9 Å². The molecule has 1 fully saturated rings. The van der Waals surface area contributed by atoms with E-state index in [1.807, 2.05) is 0 Å². The molecule has 1 unspecified atom stereocenters. The van der Waals surface area contributed by atoms with E-state index < -0.39 is 0 Å². The molecule has 0 aliphatic carbocycles. The molecule has 0 radical (unpaired) electrons. The number of hydrogen-bond donors (Lipinski definition) is 1. The molecule has 21 heavy (non-hydrogen) atoms. The molecule has 2 aliphatic heterocycles. The highest BCUT2D eigenvalue weighted by Crippen LogP contribution is 2.44. The molecule has 0 aromatic heterocycles. The molecule has 0 saturated carbocycles. The van der Waals surface area contributed by atoms with Gasteiger partial charge in [-0.25, -0.2) is 0 Å². The van der Waals surface area contributed by atoms with Gasteiger partial charge in [-0.3, -0.25) is 0 Å². The van der Waals surface area contributed by atoms with Gasteiger partial charge in [0.15, 0.2) is 0 Å². The topological polar surface area (TPSA) is 30.5 Å². The molecule has 0 amide bonds. The number of piperidine rings is 1. The minimum atomic E-state index is 0.0193.